The van der Waals surface area contributed by atoms with Gasteiger partial charge >= 0.3 is 6.18 Å². The summed E-state index contributed by atoms with van der Waals surface area (Å²) in [7, 11) is 0. The Bertz CT molecular complexity index is 663. The van der Waals surface area contributed by atoms with E-state index in [1.807, 2.05) is 37.3 Å². The predicted octanol–water partition coefficient (Wildman–Crippen LogP) is 3.46. The normalized spacial score (nSPS) is 22.2. The smallest absolute Gasteiger partial charge is 0.367 e. The van der Waals surface area contributed by atoms with Gasteiger partial charge in [-0.05, 0) is 18.6 Å². The second-order valence-electron chi connectivity index (χ2n) is 5.49. The molecule has 2 unspecified atom stereocenters. The van der Waals surface area contributed by atoms with Gasteiger partial charge in [0.15, 0.2) is 0 Å². The third-order valence-corrected chi connectivity index (χ3v) is 3.65. The molecule has 1 aromatic carbocycles. The Kier molecular flexibility index (Phi) is 4.21. The van der Waals surface area contributed by atoms with Crippen LogP contribution in [-0.2, 0) is 10.9 Å². The van der Waals surface area contributed by atoms with Crippen LogP contribution >= 0.6 is 0 Å². The molecule has 0 amide bonds. The number of morpholine rings is 1. The minimum Gasteiger partial charge on any atom is -0.367 e. The first-order valence-corrected chi connectivity index (χ1v) is 7.29. The summed E-state index contributed by atoms with van der Waals surface area (Å²) >= 11 is 0. The lowest BCUT2D eigenvalue weighted by molar-refractivity contribution is -0.141. The molecule has 1 aliphatic rings. The van der Waals surface area contributed by atoms with Crippen LogP contribution in [0.1, 0.15) is 24.3 Å². The molecule has 23 heavy (non-hydrogen) atoms. The predicted molar refractivity (Wildman–Crippen MR) is 79.0 cm³/mol. The summed E-state index contributed by atoms with van der Waals surface area (Å²) in [6, 6.07) is 10.5. The molecule has 2 heterocycles. The van der Waals surface area contributed by atoms with E-state index in [1.165, 1.54) is 0 Å². The van der Waals surface area contributed by atoms with Crippen LogP contribution in [-0.4, -0.2) is 29.2 Å². The lowest BCUT2D eigenvalue weighted by Gasteiger charge is -2.37. The molecule has 4 nitrogen and oxygen atoms in total. The first-order chi connectivity index (χ1) is 10.9. The Morgan fingerprint density at radius 1 is 1.13 bits per heavy atom. The standard InChI is InChI=1S/C16H16F3N3O/c1-11-9-22(10-13(23-11)12-5-3-2-4-6-12)15-20-8-7-14(21-15)16(17,18)19/h2-8,11,13H,9-10H2,1H3. The van der Waals surface area contributed by atoms with E-state index in [0.717, 1.165) is 17.8 Å². The molecule has 2 atom stereocenters. The molecule has 1 aliphatic heterocycles. The van der Waals surface area contributed by atoms with Crippen molar-refractivity contribution in [3.8, 4) is 0 Å². The molecule has 0 N–H and O–H groups in total. The number of alkyl halides is 3. The zero-order valence-corrected chi connectivity index (χ0v) is 12.5. The van der Waals surface area contributed by atoms with Crippen molar-refractivity contribution in [2.75, 3.05) is 18.0 Å². The number of halogens is 3. The van der Waals surface area contributed by atoms with Crippen molar-refractivity contribution in [2.24, 2.45) is 0 Å². The quantitative estimate of drug-likeness (QED) is 0.848. The molecule has 0 saturated carbocycles. The highest BCUT2D eigenvalue weighted by atomic mass is 19.4. The van der Waals surface area contributed by atoms with Crippen LogP contribution in [0, 0.1) is 0 Å². The van der Waals surface area contributed by atoms with Crippen LogP contribution in [0.2, 0.25) is 0 Å². The van der Waals surface area contributed by atoms with Crippen LogP contribution in [0.4, 0.5) is 19.1 Å². The minimum absolute atomic E-state index is 0.0795. The molecule has 0 aliphatic carbocycles. The molecule has 0 radical (unpaired) electrons. The van der Waals surface area contributed by atoms with Crippen molar-refractivity contribution >= 4 is 5.95 Å². The molecular formula is C16H16F3N3O. The van der Waals surface area contributed by atoms with Gasteiger partial charge in [-0.15, -0.1) is 0 Å². The number of aromatic nitrogens is 2. The van der Waals surface area contributed by atoms with E-state index in [4.69, 9.17) is 4.74 Å². The molecule has 2 aromatic rings. The molecule has 1 saturated heterocycles. The molecule has 7 heteroatoms. The van der Waals surface area contributed by atoms with E-state index in [2.05, 4.69) is 9.97 Å². The third-order valence-electron chi connectivity index (χ3n) is 3.65. The van der Waals surface area contributed by atoms with E-state index < -0.39 is 11.9 Å². The zero-order valence-electron chi connectivity index (χ0n) is 12.5. The minimum atomic E-state index is -4.48. The highest BCUT2D eigenvalue weighted by molar-refractivity contribution is 5.34. The van der Waals surface area contributed by atoms with E-state index in [0.29, 0.717) is 13.1 Å². The summed E-state index contributed by atoms with van der Waals surface area (Å²) in [5, 5.41) is 0. The van der Waals surface area contributed by atoms with Gasteiger partial charge in [-0.25, -0.2) is 9.97 Å². The summed E-state index contributed by atoms with van der Waals surface area (Å²) in [6.07, 6.45) is -3.69. The van der Waals surface area contributed by atoms with Crippen LogP contribution in [0.3, 0.4) is 0 Å². The molecular weight excluding hydrogens is 307 g/mol. The number of benzene rings is 1. The maximum atomic E-state index is 12.8. The summed E-state index contributed by atoms with van der Waals surface area (Å²) in [4.78, 5) is 9.40. The SMILES string of the molecule is CC1CN(c2nccc(C(F)(F)F)n2)CC(c2ccccc2)O1. The summed E-state index contributed by atoms with van der Waals surface area (Å²) in [6.45, 7) is 2.75. The Morgan fingerprint density at radius 2 is 1.87 bits per heavy atom. The Hall–Kier alpha value is -2.15. The lowest BCUT2D eigenvalue weighted by atomic mass is 10.1. The Balaban J connectivity index is 1.85. The second kappa shape index (κ2) is 6.16. The Morgan fingerprint density at radius 3 is 2.57 bits per heavy atom. The Labute approximate surface area is 131 Å². The summed E-state index contributed by atoms with van der Waals surface area (Å²) < 4.78 is 44.4. The van der Waals surface area contributed by atoms with Crippen molar-refractivity contribution in [3.63, 3.8) is 0 Å². The van der Waals surface area contributed by atoms with Crippen LogP contribution in [0.5, 0.6) is 0 Å². The molecule has 122 valence electrons. The van der Waals surface area contributed by atoms with Gasteiger partial charge in [0, 0.05) is 12.7 Å². The number of rotatable bonds is 2. The lowest BCUT2D eigenvalue weighted by Crippen LogP contribution is -2.43. The zero-order chi connectivity index (χ0) is 16.4. The van der Waals surface area contributed by atoms with Gasteiger partial charge in [0.25, 0.3) is 0 Å². The number of anilines is 1. The second-order valence-corrected chi connectivity index (χ2v) is 5.49. The van der Waals surface area contributed by atoms with Gasteiger partial charge in [0.2, 0.25) is 5.95 Å². The topological polar surface area (TPSA) is 38.2 Å². The summed E-state index contributed by atoms with van der Waals surface area (Å²) in [5.74, 6) is 0.0795. The average Bonchev–Trinajstić information content (AvgIpc) is 2.54. The van der Waals surface area contributed by atoms with Crippen molar-refractivity contribution in [3.05, 3.63) is 53.9 Å². The van der Waals surface area contributed by atoms with Gasteiger partial charge in [-0.2, -0.15) is 13.2 Å². The third kappa shape index (κ3) is 3.61. The molecule has 0 bridgehead atoms. The first-order valence-electron chi connectivity index (χ1n) is 7.29. The van der Waals surface area contributed by atoms with Crippen molar-refractivity contribution in [2.45, 2.75) is 25.3 Å². The fraction of sp³-hybridized carbons (Fsp3) is 0.375. The molecule has 0 spiro atoms. The van der Waals surface area contributed by atoms with Crippen LogP contribution < -0.4 is 4.90 Å². The fourth-order valence-corrected chi connectivity index (χ4v) is 2.63. The van der Waals surface area contributed by atoms with Crippen molar-refractivity contribution in [1.82, 2.24) is 9.97 Å². The number of nitrogens with zero attached hydrogens (tertiary/aromatic N) is 3. The molecule has 3 rings (SSSR count). The first kappa shape index (κ1) is 15.7. The van der Waals surface area contributed by atoms with Crippen LogP contribution in [0.15, 0.2) is 42.6 Å². The monoisotopic (exact) mass is 323 g/mol. The highest BCUT2D eigenvalue weighted by Gasteiger charge is 2.34. The van der Waals surface area contributed by atoms with E-state index >= 15 is 0 Å². The average molecular weight is 323 g/mol. The highest BCUT2D eigenvalue weighted by Crippen LogP contribution is 2.30. The van der Waals surface area contributed by atoms with E-state index in [1.54, 1.807) is 4.90 Å². The molecule has 1 fully saturated rings. The van der Waals surface area contributed by atoms with Crippen LogP contribution in [0.25, 0.3) is 0 Å². The maximum Gasteiger partial charge on any atom is 0.433 e. The number of ether oxygens (including phenoxy) is 1. The van der Waals surface area contributed by atoms with Gasteiger partial charge < -0.3 is 9.64 Å². The maximum absolute atomic E-state index is 12.8. The van der Waals surface area contributed by atoms with E-state index in [-0.39, 0.29) is 18.2 Å². The summed E-state index contributed by atoms with van der Waals surface area (Å²) in [5.41, 5.74) is 0.0499. The van der Waals surface area contributed by atoms with Gasteiger partial charge in [0.05, 0.1) is 12.6 Å². The van der Waals surface area contributed by atoms with Gasteiger partial charge in [0.1, 0.15) is 11.8 Å². The van der Waals surface area contributed by atoms with Gasteiger partial charge in [-0.1, -0.05) is 30.3 Å². The van der Waals surface area contributed by atoms with Gasteiger partial charge in [-0.3, -0.25) is 0 Å². The van der Waals surface area contributed by atoms with Crippen molar-refractivity contribution in [1.29, 1.82) is 0 Å². The van der Waals surface area contributed by atoms with E-state index in [9.17, 15) is 13.2 Å². The number of hydrogen-bond acceptors (Lipinski definition) is 4. The molecule has 1 aromatic heterocycles. The van der Waals surface area contributed by atoms with Crippen molar-refractivity contribution < 1.29 is 17.9 Å². The largest absolute Gasteiger partial charge is 0.433 e. The number of hydrogen-bond donors (Lipinski definition) is 0. The fourth-order valence-electron chi connectivity index (χ4n) is 2.63.